The summed E-state index contributed by atoms with van der Waals surface area (Å²) in [6, 6.07) is 27.3. The summed E-state index contributed by atoms with van der Waals surface area (Å²) >= 11 is 0. The van der Waals surface area contributed by atoms with E-state index in [4.69, 9.17) is 0 Å². The number of hydrogen-bond donors (Lipinski definition) is 4. The van der Waals surface area contributed by atoms with Crippen molar-refractivity contribution in [2.24, 2.45) is 11.8 Å². The minimum absolute atomic E-state index is 0.452. The van der Waals surface area contributed by atoms with E-state index in [2.05, 4.69) is 175 Å². The van der Waals surface area contributed by atoms with Gasteiger partial charge in [0.15, 0.2) is 0 Å². The molecule has 0 amide bonds. The van der Waals surface area contributed by atoms with E-state index >= 15 is 0 Å². The Balaban J connectivity index is 1.40. The quantitative estimate of drug-likeness (QED) is 0.113. The first kappa shape index (κ1) is 34.7. The molecule has 5 nitrogen and oxygen atoms in total. The van der Waals surface area contributed by atoms with Crippen LogP contribution < -0.4 is 26.2 Å². The third-order valence-corrected chi connectivity index (χ3v) is 8.66. The number of hydrogen-bond acceptors (Lipinski definition) is 5. The summed E-state index contributed by atoms with van der Waals surface area (Å²) in [6.45, 7) is 22.3. The Morgan fingerprint density at radius 1 is 0.478 bits per heavy atom. The van der Waals surface area contributed by atoms with Crippen molar-refractivity contribution in [3.05, 3.63) is 95.1 Å². The van der Waals surface area contributed by atoms with Gasteiger partial charge in [-0.3, -0.25) is 0 Å². The summed E-state index contributed by atoms with van der Waals surface area (Å²) in [5.41, 5.74) is 14.1. The zero-order chi connectivity index (χ0) is 33.5. The number of anilines is 8. The maximum absolute atomic E-state index is 3.67. The van der Waals surface area contributed by atoms with Gasteiger partial charge in [0.2, 0.25) is 0 Å². The highest BCUT2D eigenvalue weighted by Gasteiger charge is 2.12. The first-order chi connectivity index (χ1) is 21.8. The lowest BCUT2D eigenvalue weighted by Gasteiger charge is -2.23. The van der Waals surface area contributed by atoms with Crippen molar-refractivity contribution in [2.75, 3.05) is 33.2 Å². The molecule has 0 saturated carbocycles. The molecule has 5 heteroatoms. The Kier molecular flexibility index (Phi) is 11.7. The molecule has 4 N–H and O–H groups in total. The third-order valence-electron chi connectivity index (χ3n) is 8.66. The topological polar surface area (TPSA) is 51.4 Å². The molecule has 0 saturated heterocycles. The molecule has 0 heterocycles. The molecule has 4 rings (SSSR count). The van der Waals surface area contributed by atoms with Gasteiger partial charge < -0.3 is 26.2 Å². The van der Waals surface area contributed by atoms with Gasteiger partial charge in [0.1, 0.15) is 0 Å². The third kappa shape index (κ3) is 9.45. The van der Waals surface area contributed by atoms with Crippen LogP contribution in [0.5, 0.6) is 0 Å². The number of benzene rings is 4. The molecule has 0 aliphatic carbocycles. The molecular weight excluding hydrogens is 562 g/mol. The van der Waals surface area contributed by atoms with Crippen LogP contribution in [0.15, 0.2) is 72.8 Å². The Hall–Kier alpha value is -4.12. The van der Waals surface area contributed by atoms with Crippen LogP contribution in [-0.2, 0) is 0 Å². The van der Waals surface area contributed by atoms with Crippen LogP contribution in [0.3, 0.4) is 0 Å². The first-order valence-electron chi connectivity index (χ1n) is 17.0. The Bertz CT molecular complexity index is 1490. The number of aryl methyl sites for hydroxylation is 4. The van der Waals surface area contributed by atoms with Crippen molar-refractivity contribution < 1.29 is 0 Å². The number of nitrogens with zero attached hydrogens (tertiary/aromatic N) is 1. The van der Waals surface area contributed by atoms with Gasteiger partial charge in [0.05, 0.1) is 0 Å². The summed E-state index contributed by atoms with van der Waals surface area (Å²) in [5, 5.41) is 14.6. The van der Waals surface area contributed by atoms with Crippen molar-refractivity contribution in [1.82, 2.24) is 0 Å². The summed E-state index contributed by atoms with van der Waals surface area (Å²) < 4.78 is 0. The minimum Gasteiger partial charge on any atom is -0.382 e. The van der Waals surface area contributed by atoms with E-state index in [0.29, 0.717) is 23.9 Å². The second-order valence-electron chi connectivity index (χ2n) is 14.2. The van der Waals surface area contributed by atoms with E-state index in [1.54, 1.807) is 0 Å². The normalized spacial score (nSPS) is 12.6. The molecule has 0 fully saturated rings. The lowest BCUT2D eigenvalue weighted by molar-refractivity contribution is 0.539. The second-order valence-corrected chi connectivity index (χ2v) is 14.2. The monoisotopic (exact) mass is 619 g/mol. The molecule has 2 atom stereocenters. The fourth-order valence-electron chi connectivity index (χ4n) is 6.32. The average molecular weight is 620 g/mol. The van der Waals surface area contributed by atoms with Gasteiger partial charge in [-0.1, -0.05) is 27.7 Å². The second kappa shape index (κ2) is 15.4. The highest BCUT2D eigenvalue weighted by molar-refractivity contribution is 5.74. The van der Waals surface area contributed by atoms with Crippen LogP contribution in [0.4, 0.5) is 45.5 Å². The molecule has 0 aliphatic heterocycles. The zero-order valence-electron chi connectivity index (χ0n) is 30.1. The van der Waals surface area contributed by atoms with Crippen LogP contribution in [0.1, 0.15) is 76.6 Å². The van der Waals surface area contributed by atoms with Crippen molar-refractivity contribution in [2.45, 2.75) is 94.2 Å². The van der Waals surface area contributed by atoms with Crippen molar-refractivity contribution >= 4 is 45.5 Å². The van der Waals surface area contributed by atoms with E-state index in [-0.39, 0.29) is 0 Å². The van der Waals surface area contributed by atoms with E-state index in [9.17, 15) is 0 Å². The fraction of sp³-hybridized carbons (Fsp3) is 0.415. The van der Waals surface area contributed by atoms with Gasteiger partial charge in [-0.25, -0.2) is 0 Å². The van der Waals surface area contributed by atoms with Crippen molar-refractivity contribution in [3.63, 3.8) is 0 Å². The Morgan fingerprint density at radius 2 is 0.826 bits per heavy atom. The van der Waals surface area contributed by atoms with Crippen LogP contribution in [-0.4, -0.2) is 19.1 Å². The maximum Gasteiger partial charge on any atom is 0.0415 e. The fourth-order valence-corrected chi connectivity index (χ4v) is 6.32. The van der Waals surface area contributed by atoms with E-state index < -0.39 is 0 Å². The van der Waals surface area contributed by atoms with Crippen LogP contribution in [0.2, 0.25) is 0 Å². The van der Waals surface area contributed by atoms with Crippen LogP contribution in [0.25, 0.3) is 0 Å². The average Bonchev–Trinajstić information content (AvgIpc) is 2.97. The van der Waals surface area contributed by atoms with Crippen LogP contribution in [0, 0.1) is 39.5 Å². The summed E-state index contributed by atoms with van der Waals surface area (Å²) in [4.78, 5) is 2.25. The van der Waals surface area contributed by atoms with Gasteiger partial charge in [-0.05, 0) is 161 Å². The Morgan fingerprint density at radius 3 is 1.15 bits per heavy atom. The van der Waals surface area contributed by atoms with Gasteiger partial charge in [0.25, 0.3) is 0 Å². The Labute approximate surface area is 279 Å². The summed E-state index contributed by atoms with van der Waals surface area (Å²) in [7, 11) is 2.13. The standard InChI is InChI=1S/C41H57N5/c1-26(2)20-32(9)42-38-16-12-34(22-28(38)5)44-40-18-14-36(24-30(40)7)46(11)37-15-19-41(31(8)25-37)45-35-13-17-39(29(6)23-35)43-33(10)21-27(3)4/h12-19,22-27,32-33,42-45H,20-21H2,1-11H3. The largest absolute Gasteiger partial charge is 0.382 e. The molecule has 0 aromatic heterocycles. The van der Waals surface area contributed by atoms with Gasteiger partial charge in [-0.2, -0.15) is 0 Å². The molecule has 0 spiro atoms. The molecule has 246 valence electrons. The summed E-state index contributed by atoms with van der Waals surface area (Å²) in [6.07, 6.45) is 2.31. The molecular formula is C41H57N5. The van der Waals surface area contributed by atoms with E-state index in [1.165, 1.54) is 33.6 Å². The summed E-state index contributed by atoms with van der Waals surface area (Å²) in [5.74, 6) is 1.36. The molecule has 46 heavy (non-hydrogen) atoms. The van der Waals surface area contributed by atoms with Crippen molar-refractivity contribution in [1.29, 1.82) is 0 Å². The minimum atomic E-state index is 0.452. The SMILES string of the molecule is Cc1cc(N(C)c2ccc(Nc3ccc(NC(C)CC(C)C)c(C)c3)c(C)c2)ccc1Nc1ccc(NC(C)CC(C)C)c(C)c1. The number of rotatable bonds is 14. The van der Waals surface area contributed by atoms with Gasteiger partial charge in [0, 0.05) is 64.6 Å². The van der Waals surface area contributed by atoms with E-state index in [1.807, 2.05) is 0 Å². The van der Waals surface area contributed by atoms with Crippen molar-refractivity contribution in [3.8, 4) is 0 Å². The molecule has 0 aliphatic rings. The predicted molar refractivity (Wildman–Crippen MR) is 204 cm³/mol. The van der Waals surface area contributed by atoms with Crippen LogP contribution >= 0.6 is 0 Å². The zero-order valence-corrected chi connectivity index (χ0v) is 30.1. The molecule has 0 radical (unpaired) electrons. The smallest absolute Gasteiger partial charge is 0.0415 e. The highest BCUT2D eigenvalue weighted by atomic mass is 15.1. The first-order valence-corrected chi connectivity index (χ1v) is 17.0. The highest BCUT2D eigenvalue weighted by Crippen LogP contribution is 2.33. The predicted octanol–water partition coefficient (Wildman–Crippen LogP) is 11.9. The molecule has 4 aromatic carbocycles. The molecule has 0 bridgehead atoms. The lowest BCUT2D eigenvalue weighted by atomic mass is 10.0. The lowest BCUT2D eigenvalue weighted by Crippen LogP contribution is -2.18. The van der Waals surface area contributed by atoms with Gasteiger partial charge >= 0.3 is 0 Å². The van der Waals surface area contributed by atoms with E-state index in [0.717, 1.165) is 47.0 Å². The number of nitrogens with one attached hydrogen (secondary N) is 4. The molecule has 2 unspecified atom stereocenters. The van der Waals surface area contributed by atoms with Gasteiger partial charge in [-0.15, -0.1) is 0 Å². The maximum atomic E-state index is 3.67. The molecule has 4 aromatic rings.